The molecule has 0 aliphatic heterocycles. The van der Waals surface area contributed by atoms with Crippen LogP contribution in [-0.2, 0) is 15.0 Å². The zero-order valence-electron chi connectivity index (χ0n) is 16.0. The molecular weight excluding hydrogens is 302 g/mol. The third-order valence-corrected chi connectivity index (χ3v) is 3.47. The van der Waals surface area contributed by atoms with Crippen LogP contribution in [-0.4, -0.2) is 37.5 Å². The number of anilines is 1. The molecule has 1 atom stereocenters. The van der Waals surface area contributed by atoms with Gasteiger partial charge in [-0.05, 0) is 43.9 Å². The molecular formula is C19H32N3O2+. The number of likely N-dealkylation sites (N-methyl/N-ethyl adjacent to an activating group) is 1. The molecule has 0 heterocycles. The lowest BCUT2D eigenvalue weighted by atomic mass is 9.87. The molecule has 0 fully saturated rings. The van der Waals surface area contributed by atoms with E-state index in [1.165, 1.54) is 5.56 Å². The molecule has 0 aliphatic rings. The second-order valence-electron chi connectivity index (χ2n) is 8.48. The van der Waals surface area contributed by atoms with Gasteiger partial charge in [-0.1, -0.05) is 32.9 Å². The minimum atomic E-state index is -0.256. The minimum absolute atomic E-state index is 0.0534. The van der Waals surface area contributed by atoms with E-state index in [0.29, 0.717) is 0 Å². The molecule has 5 nitrogen and oxygen atoms in total. The third kappa shape index (κ3) is 7.59. The topological polar surface area (TPSA) is 62.6 Å². The van der Waals surface area contributed by atoms with Crippen LogP contribution >= 0.6 is 0 Å². The number of rotatable bonds is 5. The van der Waals surface area contributed by atoms with Crippen LogP contribution in [0.2, 0.25) is 0 Å². The number of nitrogens with one attached hydrogen (secondary N) is 3. The fourth-order valence-electron chi connectivity index (χ4n) is 2.33. The van der Waals surface area contributed by atoms with Gasteiger partial charge < -0.3 is 15.5 Å². The highest BCUT2D eigenvalue weighted by molar-refractivity contribution is 5.91. The molecule has 0 radical (unpaired) electrons. The van der Waals surface area contributed by atoms with Crippen LogP contribution in [0, 0.1) is 0 Å². The Balaban J connectivity index is 2.49. The largest absolute Gasteiger partial charge is 0.347 e. The van der Waals surface area contributed by atoms with Crippen molar-refractivity contribution in [3.8, 4) is 0 Å². The smallest absolute Gasteiger partial charge is 0.279 e. The monoisotopic (exact) mass is 334 g/mol. The van der Waals surface area contributed by atoms with E-state index in [1.807, 2.05) is 52.1 Å². The molecule has 0 saturated carbocycles. The summed E-state index contributed by atoms with van der Waals surface area (Å²) in [6.07, 6.45) is 0. The molecule has 1 aromatic carbocycles. The van der Waals surface area contributed by atoms with Crippen molar-refractivity contribution in [2.45, 2.75) is 52.5 Å². The maximum Gasteiger partial charge on any atom is 0.279 e. The van der Waals surface area contributed by atoms with E-state index in [-0.39, 0.29) is 35.9 Å². The van der Waals surface area contributed by atoms with Crippen LogP contribution < -0.4 is 15.5 Å². The third-order valence-electron chi connectivity index (χ3n) is 3.47. The van der Waals surface area contributed by atoms with E-state index in [1.54, 1.807) is 0 Å². The predicted octanol–water partition coefficient (Wildman–Crippen LogP) is 1.35. The molecule has 0 aromatic heterocycles. The van der Waals surface area contributed by atoms with E-state index in [0.717, 1.165) is 10.6 Å². The van der Waals surface area contributed by atoms with Crippen molar-refractivity contribution < 1.29 is 14.5 Å². The normalized spacial score (nSPS) is 13.3. The van der Waals surface area contributed by atoms with Crippen molar-refractivity contribution in [2.75, 3.05) is 25.5 Å². The number of carbonyl (C=O) groups excluding carboxylic acids is 2. The highest BCUT2D eigenvalue weighted by Crippen LogP contribution is 2.23. The molecule has 2 amide bonds. The van der Waals surface area contributed by atoms with E-state index >= 15 is 0 Å². The molecule has 0 aliphatic carbocycles. The summed E-state index contributed by atoms with van der Waals surface area (Å²) in [6, 6.07) is 7.90. The van der Waals surface area contributed by atoms with E-state index in [2.05, 4.69) is 31.4 Å². The lowest BCUT2D eigenvalue weighted by Crippen LogP contribution is -3.11. The lowest BCUT2D eigenvalue weighted by molar-refractivity contribution is -0.862. The summed E-state index contributed by atoms with van der Waals surface area (Å²) in [5, 5.41) is 5.78. The first-order valence-electron chi connectivity index (χ1n) is 8.39. The first kappa shape index (κ1) is 20.2. The Hall–Kier alpha value is -1.88. The van der Waals surface area contributed by atoms with Crippen molar-refractivity contribution in [2.24, 2.45) is 0 Å². The van der Waals surface area contributed by atoms with E-state index in [9.17, 15) is 9.59 Å². The fraction of sp³-hybridized carbons (Fsp3) is 0.579. The van der Waals surface area contributed by atoms with Gasteiger partial charge in [-0.3, -0.25) is 9.59 Å². The van der Waals surface area contributed by atoms with Crippen LogP contribution in [0.15, 0.2) is 24.3 Å². The van der Waals surface area contributed by atoms with Gasteiger partial charge in [0.05, 0.1) is 7.05 Å². The molecule has 0 spiro atoms. The number of hydrogen-bond donors (Lipinski definition) is 3. The van der Waals surface area contributed by atoms with Crippen LogP contribution in [0.25, 0.3) is 0 Å². The Morgan fingerprint density at radius 2 is 1.42 bits per heavy atom. The lowest BCUT2D eigenvalue weighted by Gasteiger charge is -2.22. The summed E-state index contributed by atoms with van der Waals surface area (Å²) in [4.78, 5) is 24.8. The van der Waals surface area contributed by atoms with E-state index < -0.39 is 0 Å². The maximum atomic E-state index is 12.1. The number of quaternary nitrogens is 1. The van der Waals surface area contributed by atoms with Gasteiger partial charge in [-0.2, -0.15) is 0 Å². The molecule has 3 N–H and O–H groups in total. The summed E-state index contributed by atoms with van der Waals surface area (Å²) in [6.45, 7) is 12.8. The zero-order chi connectivity index (χ0) is 18.5. The quantitative estimate of drug-likeness (QED) is 0.761. The Morgan fingerprint density at radius 1 is 0.917 bits per heavy atom. The zero-order valence-corrected chi connectivity index (χ0v) is 16.0. The summed E-state index contributed by atoms with van der Waals surface area (Å²) in [5.41, 5.74) is 1.84. The molecule has 1 rings (SSSR count). The van der Waals surface area contributed by atoms with Gasteiger partial charge in [0.25, 0.3) is 11.8 Å². The standard InChI is InChI=1S/C19H31N3O2/c1-18(2,3)14-8-10-15(11-9-14)20-16(23)12-22(7)13-17(24)21-19(4,5)6/h8-11H,12-13H2,1-7H3,(H,20,23)(H,21,24)/p+1. The van der Waals surface area contributed by atoms with Crippen LogP contribution in [0.4, 0.5) is 5.69 Å². The van der Waals surface area contributed by atoms with Crippen molar-refractivity contribution in [3.05, 3.63) is 29.8 Å². The predicted molar refractivity (Wildman–Crippen MR) is 98.3 cm³/mol. The second-order valence-corrected chi connectivity index (χ2v) is 8.48. The van der Waals surface area contributed by atoms with Gasteiger partial charge in [-0.25, -0.2) is 0 Å². The fourth-order valence-corrected chi connectivity index (χ4v) is 2.33. The molecule has 1 unspecified atom stereocenters. The Bertz CT molecular complexity index is 566. The van der Waals surface area contributed by atoms with Gasteiger partial charge in [0, 0.05) is 11.2 Å². The minimum Gasteiger partial charge on any atom is -0.347 e. The van der Waals surface area contributed by atoms with Crippen LogP contribution in [0.3, 0.4) is 0 Å². The Labute approximate surface area is 145 Å². The molecule has 0 saturated heterocycles. The first-order chi connectivity index (χ1) is 10.9. The highest BCUT2D eigenvalue weighted by atomic mass is 16.2. The Kier molecular flexibility index (Phi) is 6.55. The van der Waals surface area contributed by atoms with Crippen molar-refractivity contribution in [1.29, 1.82) is 0 Å². The van der Waals surface area contributed by atoms with Crippen molar-refractivity contribution in [1.82, 2.24) is 5.32 Å². The van der Waals surface area contributed by atoms with Crippen molar-refractivity contribution >= 4 is 17.5 Å². The molecule has 0 bridgehead atoms. The van der Waals surface area contributed by atoms with Crippen LogP contribution in [0.5, 0.6) is 0 Å². The second kappa shape index (κ2) is 7.79. The molecule has 1 aromatic rings. The molecule has 5 heteroatoms. The number of benzene rings is 1. The van der Waals surface area contributed by atoms with Gasteiger partial charge in [0.2, 0.25) is 0 Å². The summed E-state index contributed by atoms with van der Waals surface area (Å²) >= 11 is 0. The van der Waals surface area contributed by atoms with Gasteiger partial charge in [-0.15, -0.1) is 0 Å². The molecule has 134 valence electrons. The summed E-state index contributed by atoms with van der Waals surface area (Å²) < 4.78 is 0. The highest BCUT2D eigenvalue weighted by Gasteiger charge is 2.19. The number of carbonyl (C=O) groups is 2. The van der Waals surface area contributed by atoms with Crippen LogP contribution in [0.1, 0.15) is 47.1 Å². The van der Waals surface area contributed by atoms with Gasteiger partial charge in [0.15, 0.2) is 13.1 Å². The van der Waals surface area contributed by atoms with Gasteiger partial charge in [0.1, 0.15) is 0 Å². The van der Waals surface area contributed by atoms with Gasteiger partial charge >= 0.3 is 0 Å². The van der Waals surface area contributed by atoms with E-state index in [4.69, 9.17) is 0 Å². The maximum absolute atomic E-state index is 12.1. The average molecular weight is 334 g/mol. The Morgan fingerprint density at radius 3 is 1.88 bits per heavy atom. The average Bonchev–Trinajstić information content (AvgIpc) is 2.34. The first-order valence-corrected chi connectivity index (χ1v) is 8.39. The SMILES string of the molecule is C[NH+](CC(=O)Nc1ccc(C(C)(C)C)cc1)CC(=O)NC(C)(C)C. The van der Waals surface area contributed by atoms with Crippen molar-refractivity contribution in [3.63, 3.8) is 0 Å². The molecule has 24 heavy (non-hydrogen) atoms. The number of hydrogen-bond acceptors (Lipinski definition) is 2. The number of amides is 2. The summed E-state index contributed by atoms with van der Waals surface area (Å²) in [7, 11) is 1.84. The summed E-state index contributed by atoms with van der Waals surface area (Å²) in [5.74, 6) is -0.151.